The van der Waals surface area contributed by atoms with Gasteiger partial charge in [-0.1, -0.05) is 6.92 Å². The van der Waals surface area contributed by atoms with Gasteiger partial charge in [0.2, 0.25) is 0 Å². The molecule has 0 aliphatic heterocycles. The van der Waals surface area contributed by atoms with Crippen molar-refractivity contribution in [3.63, 3.8) is 0 Å². The van der Waals surface area contributed by atoms with Crippen LogP contribution in [-0.4, -0.2) is 29.3 Å². The molecule has 0 saturated heterocycles. The Kier molecular flexibility index (Phi) is 4.51. The standard InChI is InChI=1S/C14H22N2OS/c1-10-4-5-13(17)12(6-10)7-16(3)8-14-11(2)15-9-18-14/h9-10,12H,4-8H2,1-3H3. The summed E-state index contributed by atoms with van der Waals surface area (Å²) >= 11 is 1.70. The topological polar surface area (TPSA) is 33.2 Å². The molecule has 4 heteroatoms. The van der Waals surface area contributed by atoms with Crippen LogP contribution in [0.25, 0.3) is 0 Å². The lowest BCUT2D eigenvalue weighted by Gasteiger charge is -2.29. The second-order valence-electron chi connectivity index (χ2n) is 5.60. The third kappa shape index (κ3) is 3.39. The molecule has 1 aliphatic carbocycles. The molecule has 1 saturated carbocycles. The van der Waals surface area contributed by atoms with Crippen molar-refractivity contribution in [1.82, 2.24) is 9.88 Å². The summed E-state index contributed by atoms with van der Waals surface area (Å²) in [5.41, 5.74) is 3.02. The van der Waals surface area contributed by atoms with Gasteiger partial charge in [0, 0.05) is 30.3 Å². The zero-order valence-electron chi connectivity index (χ0n) is 11.5. The Morgan fingerprint density at radius 1 is 1.56 bits per heavy atom. The van der Waals surface area contributed by atoms with Gasteiger partial charge in [0.15, 0.2) is 0 Å². The molecule has 18 heavy (non-hydrogen) atoms. The number of Topliss-reactive ketones (excluding diaryl/α,β-unsaturated/α-hetero) is 1. The monoisotopic (exact) mass is 266 g/mol. The van der Waals surface area contributed by atoms with Crippen LogP contribution in [-0.2, 0) is 11.3 Å². The van der Waals surface area contributed by atoms with Crippen LogP contribution in [0, 0.1) is 18.8 Å². The second kappa shape index (κ2) is 5.93. The summed E-state index contributed by atoms with van der Waals surface area (Å²) in [5.74, 6) is 1.40. The fourth-order valence-corrected chi connectivity index (χ4v) is 3.52. The van der Waals surface area contributed by atoms with Crippen LogP contribution in [0.1, 0.15) is 36.8 Å². The number of aryl methyl sites for hydroxylation is 1. The summed E-state index contributed by atoms with van der Waals surface area (Å²) < 4.78 is 0. The molecule has 0 N–H and O–H groups in total. The molecule has 1 aliphatic rings. The largest absolute Gasteiger partial charge is 0.301 e. The van der Waals surface area contributed by atoms with E-state index in [-0.39, 0.29) is 5.92 Å². The number of rotatable bonds is 4. The fraction of sp³-hybridized carbons (Fsp3) is 0.714. The lowest BCUT2D eigenvalue weighted by atomic mass is 9.81. The highest BCUT2D eigenvalue weighted by Crippen LogP contribution is 2.27. The number of thiazole rings is 1. The Morgan fingerprint density at radius 3 is 3.00 bits per heavy atom. The Bertz CT molecular complexity index is 416. The number of carbonyl (C=O) groups excluding carboxylic acids is 1. The van der Waals surface area contributed by atoms with E-state index < -0.39 is 0 Å². The SMILES string of the molecule is Cc1ncsc1CN(C)CC1CC(C)CCC1=O. The number of hydrogen-bond acceptors (Lipinski definition) is 4. The maximum Gasteiger partial charge on any atom is 0.137 e. The van der Waals surface area contributed by atoms with Crippen molar-refractivity contribution in [2.24, 2.45) is 11.8 Å². The minimum atomic E-state index is 0.243. The van der Waals surface area contributed by atoms with Gasteiger partial charge in [0.1, 0.15) is 5.78 Å². The summed E-state index contributed by atoms with van der Waals surface area (Å²) in [4.78, 5) is 19.8. The number of carbonyl (C=O) groups is 1. The lowest BCUT2D eigenvalue weighted by molar-refractivity contribution is -0.126. The predicted molar refractivity (Wildman–Crippen MR) is 74.7 cm³/mol. The predicted octanol–water partition coefficient (Wildman–Crippen LogP) is 2.89. The number of nitrogens with zero attached hydrogens (tertiary/aromatic N) is 2. The zero-order chi connectivity index (χ0) is 13.1. The van der Waals surface area contributed by atoms with Gasteiger partial charge >= 0.3 is 0 Å². The van der Waals surface area contributed by atoms with Crippen LogP contribution in [0.15, 0.2) is 5.51 Å². The van der Waals surface area contributed by atoms with E-state index in [4.69, 9.17) is 0 Å². The molecule has 0 bridgehead atoms. The molecule has 1 aromatic rings. The third-order valence-electron chi connectivity index (χ3n) is 3.82. The minimum Gasteiger partial charge on any atom is -0.301 e. The molecule has 100 valence electrons. The molecule has 0 radical (unpaired) electrons. The van der Waals surface area contributed by atoms with E-state index in [1.807, 2.05) is 12.4 Å². The first kappa shape index (κ1) is 13.7. The van der Waals surface area contributed by atoms with E-state index >= 15 is 0 Å². The minimum absolute atomic E-state index is 0.243. The highest BCUT2D eigenvalue weighted by Gasteiger charge is 2.27. The molecule has 1 aromatic heterocycles. The van der Waals surface area contributed by atoms with E-state index in [0.29, 0.717) is 11.7 Å². The van der Waals surface area contributed by atoms with Crippen LogP contribution in [0.2, 0.25) is 0 Å². The summed E-state index contributed by atoms with van der Waals surface area (Å²) in [6.07, 6.45) is 2.91. The molecule has 2 unspecified atom stereocenters. The average Bonchev–Trinajstić information content (AvgIpc) is 2.70. The Labute approximate surface area is 113 Å². The van der Waals surface area contributed by atoms with E-state index in [1.165, 1.54) is 4.88 Å². The van der Waals surface area contributed by atoms with E-state index in [2.05, 4.69) is 23.9 Å². The van der Waals surface area contributed by atoms with Crippen molar-refractivity contribution >= 4 is 17.1 Å². The maximum atomic E-state index is 11.9. The van der Waals surface area contributed by atoms with Crippen molar-refractivity contribution in [3.8, 4) is 0 Å². The molecular weight excluding hydrogens is 244 g/mol. The van der Waals surface area contributed by atoms with Crippen LogP contribution < -0.4 is 0 Å². The van der Waals surface area contributed by atoms with Gasteiger partial charge in [-0.2, -0.15) is 0 Å². The number of hydrogen-bond donors (Lipinski definition) is 0. The van der Waals surface area contributed by atoms with Gasteiger partial charge in [0.05, 0.1) is 11.2 Å². The van der Waals surface area contributed by atoms with Crippen LogP contribution in [0.4, 0.5) is 0 Å². The van der Waals surface area contributed by atoms with Crippen molar-refractivity contribution < 1.29 is 4.79 Å². The third-order valence-corrected chi connectivity index (χ3v) is 4.74. The molecule has 0 amide bonds. The molecule has 2 rings (SSSR count). The Hall–Kier alpha value is -0.740. The summed E-state index contributed by atoms with van der Waals surface area (Å²) in [6.45, 7) is 6.11. The molecule has 0 aromatic carbocycles. The first-order valence-corrected chi connectivity index (χ1v) is 7.54. The number of ketones is 1. The summed E-state index contributed by atoms with van der Waals surface area (Å²) in [7, 11) is 2.10. The number of aromatic nitrogens is 1. The van der Waals surface area contributed by atoms with Gasteiger partial charge in [-0.05, 0) is 32.7 Å². The molecule has 3 nitrogen and oxygen atoms in total. The first-order chi connectivity index (χ1) is 8.56. The Balaban J connectivity index is 1.88. The fourth-order valence-electron chi connectivity index (χ4n) is 2.67. The molecule has 0 spiro atoms. The maximum absolute atomic E-state index is 11.9. The summed E-state index contributed by atoms with van der Waals surface area (Å²) in [6, 6.07) is 0. The van der Waals surface area contributed by atoms with E-state index in [9.17, 15) is 4.79 Å². The first-order valence-electron chi connectivity index (χ1n) is 6.66. The van der Waals surface area contributed by atoms with Crippen LogP contribution >= 0.6 is 11.3 Å². The van der Waals surface area contributed by atoms with E-state index in [0.717, 1.165) is 38.0 Å². The second-order valence-corrected chi connectivity index (χ2v) is 6.54. The molecule has 1 heterocycles. The van der Waals surface area contributed by atoms with Crippen LogP contribution in [0.5, 0.6) is 0 Å². The highest BCUT2D eigenvalue weighted by atomic mass is 32.1. The van der Waals surface area contributed by atoms with Gasteiger partial charge in [-0.3, -0.25) is 4.79 Å². The highest BCUT2D eigenvalue weighted by molar-refractivity contribution is 7.09. The van der Waals surface area contributed by atoms with Gasteiger partial charge in [-0.15, -0.1) is 11.3 Å². The smallest absolute Gasteiger partial charge is 0.137 e. The lowest BCUT2D eigenvalue weighted by Crippen LogP contribution is -2.34. The molecule has 2 atom stereocenters. The van der Waals surface area contributed by atoms with E-state index in [1.54, 1.807) is 11.3 Å². The Morgan fingerprint density at radius 2 is 2.33 bits per heavy atom. The van der Waals surface area contributed by atoms with Crippen molar-refractivity contribution in [2.75, 3.05) is 13.6 Å². The van der Waals surface area contributed by atoms with Gasteiger partial charge in [0.25, 0.3) is 0 Å². The van der Waals surface area contributed by atoms with Crippen molar-refractivity contribution in [3.05, 3.63) is 16.1 Å². The normalized spacial score (nSPS) is 24.8. The van der Waals surface area contributed by atoms with Gasteiger partial charge in [-0.25, -0.2) is 4.98 Å². The zero-order valence-corrected chi connectivity index (χ0v) is 12.3. The average molecular weight is 266 g/mol. The molecular formula is C14H22N2OS. The quantitative estimate of drug-likeness (QED) is 0.840. The van der Waals surface area contributed by atoms with Crippen molar-refractivity contribution in [1.29, 1.82) is 0 Å². The van der Waals surface area contributed by atoms with Crippen LogP contribution in [0.3, 0.4) is 0 Å². The van der Waals surface area contributed by atoms with Crippen molar-refractivity contribution in [2.45, 2.75) is 39.7 Å². The van der Waals surface area contributed by atoms with Gasteiger partial charge < -0.3 is 4.90 Å². The summed E-state index contributed by atoms with van der Waals surface area (Å²) in [5, 5.41) is 0. The molecule has 1 fully saturated rings.